The molecule has 156 valence electrons. The molecule has 0 amide bonds. The fourth-order valence-electron chi connectivity index (χ4n) is 8.48. The summed E-state index contributed by atoms with van der Waals surface area (Å²) in [5.41, 5.74) is 3.41. The standard InChI is InChI=1S/C25H39NO2/c1-15-11-17-12-18(27)6-8-24(17,2)19-7-9-25(3)20(22(15)19)13-21(28)23(25)16-5-4-10-26-14-16/h11,15-16,18-20,22,26-28H,4-10,12-14H2,1-3H3/t15?,16?,18?,19-,20+,22-,24+,25+/m1/s1. The van der Waals surface area contributed by atoms with Crippen molar-refractivity contribution in [3.05, 3.63) is 23.0 Å². The number of nitrogens with one attached hydrogen (secondary N) is 1. The number of piperidine rings is 1. The van der Waals surface area contributed by atoms with Crippen LogP contribution in [-0.4, -0.2) is 29.4 Å². The zero-order chi connectivity index (χ0) is 19.7. The van der Waals surface area contributed by atoms with Crippen LogP contribution in [0.25, 0.3) is 0 Å². The third kappa shape index (κ3) is 2.61. The molecule has 4 aliphatic carbocycles. The summed E-state index contributed by atoms with van der Waals surface area (Å²) in [6.07, 6.45) is 11.2. The van der Waals surface area contributed by atoms with Crippen molar-refractivity contribution in [3.8, 4) is 0 Å². The topological polar surface area (TPSA) is 52.5 Å². The average molecular weight is 386 g/mol. The summed E-state index contributed by atoms with van der Waals surface area (Å²) in [7, 11) is 0. The Bertz CT molecular complexity index is 705. The van der Waals surface area contributed by atoms with Crippen LogP contribution in [0.1, 0.15) is 72.1 Å². The summed E-state index contributed by atoms with van der Waals surface area (Å²) in [4.78, 5) is 0. The van der Waals surface area contributed by atoms with Crippen LogP contribution in [0, 0.1) is 40.4 Å². The molecule has 0 spiro atoms. The lowest BCUT2D eigenvalue weighted by atomic mass is 9.45. The summed E-state index contributed by atoms with van der Waals surface area (Å²) >= 11 is 0. The summed E-state index contributed by atoms with van der Waals surface area (Å²) in [5.74, 6) is 3.79. The van der Waals surface area contributed by atoms with Gasteiger partial charge in [0, 0.05) is 13.0 Å². The highest BCUT2D eigenvalue weighted by Crippen LogP contribution is 2.67. The second-order valence-electron chi connectivity index (χ2n) is 11.2. The number of fused-ring (bicyclic) bond motifs is 5. The lowest BCUT2D eigenvalue weighted by Gasteiger charge is -2.59. The quantitative estimate of drug-likeness (QED) is 0.558. The minimum absolute atomic E-state index is 0.139. The van der Waals surface area contributed by atoms with E-state index >= 15 is 0 Å². The molecule has 1 aliphatic heterocycles. The van der Waals surface area contributed by atoms with E-state index in [9.17, 15) is 10.2 Å². The fourth-order valence-corrected chi connectivity index (χ4v) is 8.48. The summed E-state index contributed by atoms with van der Waals surface area (Å²) in [6.45, 7) is 9.56. The molecule has 0 aromatic rings. The lowest BCUT2D eigenvalue weighted by Crippen LogP contribution is -2.53. The smallest absolute Gasteiger partial charge is 0.0926 e. The first-order valence-corrected chi connectivity index (χ1v) is 11.9. The number of hydrogen-bond donors (Lipinski definition) is 3. The van der Waals surface area contributed by atoms with Crippen LogP contribution in [0.5, 0.6) is 0 Å². The van der Waals surface area contributed by atoms with Gasteiger partial charge in [0.25, 0.3) is 0 Å². The van der Waals surface area contributed by atoms with Crippen LogP contribution in [0.4, 0.5) is 0 Å². The Balaban J connectivity index is 1.49. The van der Waals surface area contributed by atoms with Crippen molar-refractivity contribution in [2.45, 2.75) is 78.2 Å². The van der Waals surface area contributed by atoms with E-state index in [1.54, 1.807) is 0 Å². The van der Waals surface area contributed by atoms with E-state index in [4.69, 9.17) is 0 Å². The van der Waals surface area contributed by atoms with Gasteiger partial charge in [-0.25, -0.2) is 0 Å². The van der Waals surface area contributed by atoms with Crippen LogP contribution < -0.4 is 5.32 Å². The maximum Gasteiger partial charge on any atom is 0.0926 e. The van der Waals surface area contributed by atoms with Gasteiger partial charge in [0.1, 0.15) is 0 Å². The van der Waals surface area contributed by atoms with Crippen LogP contribution in [0.3, 0.4) is 0 Å². The fraction of sp³-hybridized carbons (Fsp3) is 0.840. The Morgan fingerprint density at radius 1 is 1.04 bits per heavy atom. The maximum atomic E-state index is 11.1. The molecule has 3 fully saturated rings. The highest BCUT2D eigenvalue weighted by Gasteiger charge is 2.60. The molecule has 3 N–H and O–H groups in total. The molecule has 3 heteroatoms. The van der Waals surface area contributed by atoms with E-state index in [0.29, 0.717) is 29.6 Å². The third-order valence-electron chi connectivity index (χ3n) is 9.84. The Hall–Kier alpha value is -0.800. The zero-order valence-electron chi connectivity index (χ0n) is 18.0. The number of rotatable bonds is 1. The van der Waals surface area contributed by atoms with Crippen LogP contribution in [-0.2, 0) is 0 Å². The Morgan fingerprint density at radius 3 is 2.57 bits per heavy atom. The monoisotopic (exact) mass is 385 g/mol. The summed E-state index contributed by atoms with van der Waals surface area (Å²) in [6, 6.07) is 0. The lowest BCUT2D eigenvalue weighted by molar-refractivity contribution is -0.0509. The number of aliphatic hydroxyl groups excluding tert-OH is 2. The third-order valence-corrected chi connectivity index (χ3v) is 9.84. The van der Waals surface area contributed by atoms with E-state index in [1.165, 1.54) is 36.8 Å². The van der Waals surface area contributed by atoms with Crippen LogP contribution in [0.15, 0.2) is 23.0 Å². The summed E-state index contributed by atoms with van der Waals surface area (Å²) in [5, 5.41) is 25.0. The molecule has 0 aromatic carbocycles. The first-order chi connectivity index (χ1) is 13.3. The predicted octanol–water partition coefficient (Wildman–Crippen LogP) is 4.98. The average Bonchev–Trinajstić information content (AvgIpc) is 2.94. The van der Waals surface area contributed by atoms with Crippen molar-refractivity contribution < 1.29 is 10.2 Å². The molecule has 28 heavy (non-hydrogen) atoms. The van der Waals surface area contributed by atoms with Crippen molar-refractivity contribution in [2.24, 2.45) is 40.4 Å². The first-order valence-electron chi connectivity index (χ1n) is 11.9. The van der Waals surface area contributed by atoms with E-state index in [2.05, 4.69) is 32.2 Å². The molecule has 3 nitrogen and oxygen atoms in total. The predicted molar refractivity (Wildman–Crippen MR) is 113 cm³/mol. The first kappa shape index (κ1) is 19.2. The largest absolute Gasteiger partial charge is 0.512 e. The van der Waals surface area contributed by atoms with Crippen molar-refractivity contribution in [1.82, 2.24) is 5.32 Å². The Morgan fingerprint density at radius 2 is 1.82 bits per heavy atom. The second kappa shape index (κ2) is 6.60. The number of aliphatic hydroxyl groups is 2. The molecule has 1 heterocycles. The van der Waals surface area contributed by atoms with Gasteiger partial charge in [0.2, 0.25) is 0 Å². The molecule has 5 aliphatic rings. The van der Waals surface area contributed by atoms with E-state index < -0.39 is 0 Å². The SMILES string of the molecule is CC1C=C2CC(O)CC[C@]2(C)[C@@H]2CC[C@]3(C)C(C4CCCNC4)=C(O)C[C@H]3[C@H]12. The van der Waals surface area contributed by atoms with E-state index in [-0.39, 0.29) is 16.9 Å². The van der Waals surface area contributed by atoms with Crippen molar-refractivity contribution in [3.63, 3.8) is 0 Å². The van der Waals surface area contributed by atoms with Gasteiger partial charge < -0.3 is 15.5 Å². The molecule has 0 radical (unpaired) electrons. The minimum atomic E-state index is -0.139. The van der Waals surface area contributed by atoms with Crippen LogP contribution >= 0.6 is 0 Å². The minimum Gasteiger partial charge on any atom is -0.512 e. The Kier molecular flexibility index (Phi) is 4.52. The zero-order valence-corrected chi connectivity index (χ0v) is 18.0. The Labute approximate surface area is 170 Å². The van der Waals surface area contributed by atoms with E-state index in [0.717, 1.165) is 44.5 Å². The molecule has 8 atom stereocenters. The number of hydrogen-bond acceptors (Lipinski definition) is 3. The maximum absolute atomic E-state index is 11.1. The van der Waals surface area contributed by atoms with Gasteiger partial charge in [-0.15, -0.1) is 0 Å². The molecule has 3 unspecified atom stereocenters. The molecular weight excluding hydrogens is 346 g/mol. The van der Waals surface area contributed by atoms with Gasteiger partial charge in [0.15, 0.2) is 0 Å². The van der Waals surface area contributed by atoms with Gasteiger partial charge >= 0.3 is 0 Å². The highest BCUT2D eigenvalue weighted by molar-refractivity contribution is 5.34. The van der Waals surface area contributed by atoms with Crippen molar-refractivity contribution >= 4 is 0 Å². The molecule has 0 aromatic heterocycles. The van der Waals surface area contributed by atoms with Gasteiger partial charge in [-0.3, -0.25) is 0 Å². The molecular formula is C25H39NO2. The van der Waals surface area contributed by atoms with Gasteiger partial charge in [-0.05, 0) is 97.5 Å². The van der Waals surface area contributed by atoms with Gasteiger partial charge in [-0.2, -0.15) is 0 Å². The number of allylic oxidation sites excluding steroid dienone is 2. The molecule has 5 rings (SSSR count). The van der Waals surface area contributed by atoms with Crippen molar-refractivity contribution in [1.29, 1.82) is 0 Å². The van der Waals surface area contributed by atoms with Crippen LogP contribution in [0.2, 0.25) is 0 Å². The molecule has 0 bridgehead atoms. The second-order valence-corrected chi connectivity index (χ2v) is 11.2. The van der Waals surface area contributed by atoms with Gasteiger partial charge in [-0.1, -0.05) is 32.4 Å². The van der Waals surface area contributed by atoms with Crippen molar-refractivity contribution in [2.75, 3.05) is 13.1 Å². The molecule has 2 saturated carbocycles. The molecule has 1 saturated heterocycles. The van der Waals surface area contributed by atoms with Gasteiger partial charge in [0.05, 0.1) is 11.9 Å². The normalized spacial score (nSPS) is 51.2. The highest BCUT2D eigenvalue weighted by atomic mass is 16.3. The summed E-state index contributed by atoms with van der Waals surface area (Å²) < 4.78 is 0. The van der Waals surface area contributed by atoms with E-state index in [1.807, 2.05) is 0 Å².